The van der Waals surface area contributed by atoms with Crippen LogP contribution in [0.25, 0.3) is 0 Å². The number of benzene rings is 2. The minimum absolute atomic E-state index is 0.00796. The Balaban J connectivity index is 1.79. The van der Waals surface area contributed by atoms with Gasteiger partial charge in [-0.1, -0.05) is 74.5 Å². The zero-order valence-corrected chi connectivity index (χ0v) is 29.4. The average Bonchev–Trinajstić information content (AvgIpc) is 3.63. The number of aromatic amines is 1. The molecule has 10 N–H and O–H groups in total. The second-order valence-electron chi connectivity index (χ2n) is 12.9. The van der Waals surface area contributed by atoms with Gasteiger partial charge in [-0.2, -0.15) is 0 Å². The number of nitrogens with two attached hydrogens (primary N) is 1. The Morgan fingerprint density at radius 2 is 1.15 bits per heavy atom. The van der Waals surface area contributed by atoms with Gasteiger partial charge in [-0.05, 0) is 36.8 Å². The van der Waals surface area contributed by atoms with E-state index in [2.05, 4.69) is 36.6 Å². The van der Waals surface area contributed by atoms with Gasteiger partial charge in [0.05, 0.1) is 19.0 Å². The fraction of sp³-hybridized carbons (Fsp3) is 0.417. The number of amides is 5. The highest BCUT2D eigenvalue weighted by Gasteiger charge is 2.33. The molecule has 280 valence electrons. The Morgan fingerprint density at radius 1 is 0.673 bits per heavy atom. The quantitative estimate of drug-likeness (QED) is 0.0711. The first kappa shape index (κ1) is 40.8. The van der Waals surface area contributed by atoms with E-state index in [1.807, 2.05) is 19.9 Å². The maximum absolute atomic E-state index is 13.9. The fourth-order valence-electron chi connectivity index (χ4n) is 5.21. The fourth-order valence-corrected chi connectivity index (χ4v) is 5.21. The smallest absolute Gasteiger partial charge is 0.325 e. The van der Waals surface area contributed by atoms with E-state index in [4.69, 9.17) is 5.73 Å². The molecule has 0 fully saturated rings. The molecular weight excluding hydrogens is 672 g/mol. The number of hydrogen-bond donors (Lipinski definition) is 9. The number of carboxylic acids is 1. The van der Waals surface area contributed by atoms with Gasteiger partial charge in [-0.3, -0.25) is 28.8 Å². The van der Waals surface area contributed by atoms with Crippen LogP contribution < -0.4 is 32.3 Å². The molecule has 0 radical (unpaired) electrons. The number of hydrogen-bond acceptors (Lipinski definition) is 9. The van der Waals surface area contributed by atoms with Gasteiger partial charge in [-0.25, -0.2) is 4.98 Å². The molecular formula is C36H48N8O8. The summed E-state index contributed by atoms with van der Waals surface area (Å²) in [5.74, 6) is -5.14. The maximum Gasteiger partial charge on any atom is 0.325 e. The van der Waals surface area contributed by atoms with Crippen molar-refractivity contribution < 1.29 is 39.0 Å². The first-order chi connectivity index (χ1) is 24.8. The molecule has 1 aromatic heterocycles. The van der Waals surface area contributed by atoms with Crippen LogP contribution in [0.1, 0.15) is 44.0 Å². The predicted molar refractivity (Wildman–Crippen MR) is 190 cm³/mol. The highest BCUT2D eigenvalue weighted by molar-refractivity contribution is 5.96. The molecule has 5 amide bonds. The van der Waals surface area contributed by atoms with E-state index in [1.54, 1.807) is 54.6 Å². The Labute approximate surface area is 301 Å². The average molecular weight is 721 g/mol. The SMILES string of the molecule is CC(C)C[C@H](NC(=O)[C@H](Cc1ccccc1)NC(=O)[C@H](CO)NC(=O)[C@@H](N)Cc1ccccc1)C(=O)N[C@@H](Cc1cnc[nH]1)C(=O)N[C@@H](C)C(=O)O. The van der Waals surface area contributed by atoms with E-state index in [0.29, 0.717) is 11.3 Å². The van der Waals surface area contributed by atoms with Crippen molar-refractivity contribution in [3.8, 4) is 0 Å². The number of carbonyl (C=O) groups is 6. The number of nitrogens with one attached hydrogen (secondary N) is 6. The molecule has 16 nitrogen and oxygen atoms in total. The van der Waals surface area contributed by atoms with Crippen LogP contribution in [-0.2, 0) is 48.0 Å². The van der Waals surface area contributed by atoms with Gasteiger partial charge in [0, 0.05) is 24.7 Å². The molecule has 0 saturated heterocycles. The van der Waals surface area contributed by atoms with Gasteiger partial charge in [-0.15, -0.1) is 0 Å². The third-order valence-corrected chi connectivity index (χ3v) is 8.05. The largest absolute Gasteiger partial charge is 0.480 e. The molecule has 52 heavy (non-hydrogen) atoms. The lowest BCUT2D eigenvalue weighted by molar-refractivity contribution is -0.141. The Kier molecular flexibility index (Phi) is 15.9. The van der Waals surface area contributed by atoms with Gasteiger partial charge in [0.15, 0.2) is 0 Å². The van der Waals surface area contributed by atoms with Crippen molar-refractivity contribution in [3.05, 3.63) is 90.0 Å². The topological polar surface area (TPSA) is 258 Å². The molecule has 3 rings (SSSR count). The third-order valence-electron chi connectivity index (χ3n) is 8.05. The number of aliphatic hydroxyl groups excluding tert-OH is 1. The molecule has 0 unspecified atom stereocenters. The standard InChI is InChI=1S/C36H48N8O8/c1-21(2)14-27(33(48)43-29(17-25-18-38-20-39-25)32(47)40-22(3)36(51)52)41-34(49)28(16-24-12-8-5-9-13-24)42-35(50)30(19-45)44-31(46)26(37)15-23-10-6-4-7-11-23/h4-13,18,20-22,26-30,45H,14-17,19,37H2,1-3H3,(H,38,39)(H,40,47)(H,41,49)(H,42,50)(H,43,48)(H,44,46)(H,51,52)/t22-,26-,27-,28-,29-,30-/m0/s1. The molecule has 0 aliphatic carbocycles. The predicted octanol–water partition coefficient (Wildman–Crippen LogP) is -0.668. The van der Waals surface area contributed by atoms with Crippen molar-refractivity contribution in [1.29, 1.82) is 0 Å². The number of nitrogens with zero attached hydrogens (tertiary/aromatic N) is 1. The number of H-pyrrole nitrogens is 1. The minimum atomic E-state index is -1.44. The summed E-state index contributed by atoms with van der Waals surface area (Å²) in [5, 5.41) is 32.1. The molecule has 0 saturated carbocycles. The zero-order valence-electron chi connectivity index (χ0n) is 29.4. The zero-order chi connectivity index (χ0) is 38.2. The van der Waals surface area contributed by atoms with Crippen molar-refractivity contribution in [3.63, 3.8) is 0 Å². The van der Waals surface area contributed by atoms with E-state index in [0.717, 1.165) is 5.56 Å². The maximum atomic E-state index is 13.9. The lowest BCUT2D eigenvalue weighted by Crippen LogP contribution is -2.60. The van der Waals surface area contributed by atoms with Crippen molar-refractivity contribution in [2.45, 2.75) is 82.7 Å². The van der Waals surface area contributed by atoms with Gasteiger partial charge in [0.2, 0.25) is 29.5 Å². The Hall–Kier alpha value is -5.61. The van der Waals surface area contributed by atoms with Crippen LogP contribution in [0.4, 0.5) is 0 Å². The molecule has 0 aliphatic heterocycles. The molecule has 0 spiro atoms. The van der Waals surface area contributed by atoms with Crippen LogP contribution in [0, 0.1) is 5.92 Å². The van der Waals surface area contributed by atoms with Crippen LogP contribution in [0.15, 0.2) is 73.2 Å². The summed E-state index contributed by atoms with van der Waals surface area (Å²) in [6.07, 6.45) is 3.11. The summed E-state index contributed by atoms with van der Waals surface area (Å²) in [7, 11) is 0. The second-order valence-corrected chi connectivity index (χ2v) is 12.9. The lowest BCUT2D eigenvalue weighted by Gasteiger charge is -2.27. The third kappa shape index (κ3) is 13.3. The van der Waals surface area contributed by atoms with Gasteiger partial charge in [0.1, 0.15) is 30.2 Å². The summed E-state index contributed by atoms with van der Waals surface area (Å²) in [6.45, 7) is 4.16. The van der Waals surface area contributed by atoms with E-state index >= 15 is 0 Å². The van der Waals surface area contributed by atoms with Gasteiger partial charge >= 0.3 is 5.97 Å². The number of carboxylic acid groups (broad SMARTS) is 1. The first-order valence-electron chi connectivity index (χ1n) is 16.9. The molecule has 2 aromatic carbocycles. The molecule has 0 aliphatic rings. The summed E-state index contributed by atoms with van der Waals surface area (Å²) < 4.78 is 0. The Morgan fingerprint density at radius 3 is 1.67 bits per heavy atom. The van der Waals surface area contributed by atoms with E-state index < -0.39 is 78.4 Å². The summed E-state index contributed by atoms with van der Waals surface area (Å²) in [4.78, 5) is 85.2. The summed E-state index contributed by atoms with van der Waals surface area (Å²) in [5.41, 5.74) is 8.04. The number of carbonyl (C=O) groups excluding carboxylic acids is 5. The van der Waals surface area contributed by atoms with Gasteiger partial charge < -0.3 is 47.5 Å². The summed E-state index contributed by atoms with van der Waals surface area (Å²) in [6, 6.07) is 10.4. The van der Waals surface area contributed by atoms with Crippen LogP contribution in [0.3, 0.4) is 0 Å². The van der Waals surface area contributed by atoms with Crippen molar-refractivity contribution in [2.75, 3.05) is 6.61 Å². The molecule has 6 atom stereocenters. The second kappa shape index (κ2) is 20.3. The Bertz CT molecular complexity index is 1620. The van der Waals surface area contributed by atoms with Crippen LogP contribution in [0.2, 0.25) is 0 Å². The number of aliphatic carboxylic acids is 1. The van der Waals surface area contributed by atoms with Crippen LogP contribution in [-0.4, -0.2) is 98.5 Å². The number of aromatic nitrogens is 2. The number of imidazole rings is 1. The van der Waals surface area contributed by atoms with Crippen LogP contribution in [0.5, 0.6) is 0 Å². The molecule has 3 aromatic rings. The van der Waals surface area contributed by atoms with Crippen LogP contribution >= 0.6 is 0 Å². The summed E-state index contributed by atoms with van der Waals surface area (Å²) >= 11 is 0. The van der Waals surface area contributed by atoms with Crippen molar-refractivity contribution >= 4 is 35.5 Å². The highest BCUT2D eigenvalue weighted by atomic mass is 16.4. The number of aliphatic hydroxyl groups is 1. The van der Waals surface area contributed by atoms with E-state index in [-0.39, 0.29) is 31.6 Å². The van der Waals surface area contributed by atoms with Crippen molar-refractivity contribution in [2.24, 2.45) is 11.7 Å². The van der Waals surface area contributed by atoms with Crippen molar-refractivity contribution in [1.82, 2.24) is 36.6 Å². The normalized spacial score (nSPS) is 14.5. The minimum Gasteiger partial charge on any atom is -0.480 e. The van der Waals surface area contributed by atoms with Gasteiger partial charge in [0.25, 0.3) is 0 Å². The lowest BCUT2D eigenvalue weighted by atomic mass is 10.00. The van der Waals surface area contributed by atoms with E-state index in [9.17, 15) is 39.0 Å². The monoisotopic (exact) mass is 720 g/mol. The highest BCUT2D eigenvalue weighted by Crippen LogP contribution is 2.10. The van der Waals surface area contributed by atoms with E-state index in [1.165, 1.54) is 19.4 Å². The molecule has 1 heterocycles. The molecule has 0 bridgehead atoms. The number of rotatable bonds is 20. The first-order valence-corrected chi connectivity index (χ1v) is 16.9. The molecule has 16 heteroatoms.